The second-order valence-corrected chi connectivity index (χ2v) is 7.74. The van der Waals surface area contributed by atoms with Crippen LogP contribution in [0.25, 0.3) is 22.2 Å². The lowest BCUT2D eigenvalue weighted by atomic mass is 10.1. The van der Waals surface area contributed by atoms with Crippen LogP contribution in [0.2, 0.25) is 0 Å². The Hall–Kier alpha value is -3.72. The molecule has 0 N–H and O–H groups in total. The van der Waals surface area contributed by atoms with E-state index in [0.717, 1.165) is 37.3 Å². The Morgan fingerprint density at radius 1 is 0.788 bits per heavy atom. The van der Waals surface area contributed by atoms with Crippen molar-refractivity contribution < 1.29 is 17.6 Å². The minimum Gasteiger partial charge on any atom is -0.236 e. The Kier molecular flexibility index (Phi) is 6.69. The van der Waals surface area contributed by atoms with Gasteiger partial charge in [-0.2, -0.15) is 0 Å². The summed E-state index contributed by atoms with van der Waals surface area (Å²) in [6.45, 7) is 2.15. The molecule has 33 heavy (non-hydrogen) atoms. The van der Waals surface area contributed by atoms with Crippen molar-refractivity contribution in [2.24, 2.45) is 0 Å². The van der Waals surface area contributed by atoms with Crippen LogP contribution >= 0.6 is 0 Å². The van der Waals surface area contributed by atoms with Crippen molar-refractivity contribution in [2.45, 2.75) is 32.6 Å². The van der Waals surface area contributed by atoms with Gasteiger partial charge >= 0.3 is 0 Å². The highest BCUT2D eigenvalue weighted by atomic mass is 19.2. The lowest BCUT2D eigenvalue weighted by molar-refractivity contribution is 0.453. The number of aromatic nitrogens is 2. The Bertz CT molecular complexity index is 1370. The zero-order valence-corrected chi connectivity index (χ0v) is 17.9. The summed E-state index contributed by atoms with van der Waals surface area (Å²) in [4.78, 5) is 8.68. The molecule has 0 saturated heterocycles. The average Bonchev–Trinajstić information content (AvgIpc) is 2.82. The summed E-state index contributed by atoms with van der Waals surface area (Å²) in [7, 11) is 0. The Morgan fingerprint density at radius 2 is 1.58 bits per heavy atom. The summed E-state index contributed by atoms with van der Waals surface area (Å²) in [6.07, 6.45) is 7.83. The summed E-state index contributed by atoms with van der Waals surface area (Å²) in [5.41, 5.74) is 2.16. The normalized spacial score (nSPS) is 10.8. The Morgan fingerprint density at radius 3 is 2.30 bits per heavy atom. The number of unbranched alkanes of at least 4 members (excludes halogenated alkanes) is 2. The molecule has 1 aromatic heterocycles. The molecular formula is C27H20F4N2. The number of halogens is 4. The van der Waals surface area contributed by atoms with Crippen LogP contribution in [0.1, 0.15) is 42.9 Å². The molecule has 1 heterocycles. The molecule has 0 aliphatic rings. The van der Waals surface area contributed by atoms with Crippen LogP contribution in [0.5, 0.6) is 0 Å². The highest BCUT2D eigenvalue weighted by Crippen LogP contribution is 2.24. The minimum absolute atomic E-state index is 0.0497. The molecule has 0 amide bonds. The lowest BCUT2D eigenvalue weighted by Gasteiger charge is -2.04. The fraction of sp³-hybridized carbons (Fsp3) is 0.185. The molecule has 3 aromatic carbocycles. The molecule has 2 nitrogen and oxygen atoms in total. The quantitative estimate of drug-likeness (QED) is 0.142. The molecule has 4 aromatic rings. The largest absolute Gasteiger partial charge is 0.236 e. The fourth-order valence-corrected chi connectivity index (χ4v) is 3.49. The molecule has 0 unspecified atom stereocenters. The minimum atomic E-state index is -1.52. The van der Waals surface area contributed by atoms with Gasteiger partial charge in [-0.3, -0.25) is 0 Å². The number of hydrogen-bond donors (Lipinski definition) is 0. The van der Waals surface area contributed by atoms with Gasteiger partial charge in [-0.1, -0.05) is 37.7 Å². The first-order valence-corrected chi connectivity index (χ1v) is 10.7. The second-order valence-electron chi connectivity index (χ2n) is 7.74. The van der Waals surface area contributed by atoms with E-state index < -0.39 is 23.3 Å². The molecule has 6 heteroatoms. The van der Waals surface area contributed by atoms with E-state index >= 15 is 0 Å². The third kappa shape index (κ3) is 5.04. The van der Waals surface area contributed by atoms with Crippen molar-refractivity contribution >= 4 is 10.8 Å². The first kappa shape index (κ1) is 22.5. The summed E-state index contributed by atoms with van der Waals surface area (Å²) < 4.78 is 55.4. The molecule has 0 atom stereocenters. The number of hydrogen-bond acceptors (Lipinski definition) is 2. The number of rotatable bonds is 5. The van der Waals surface area contributed by atoms with E-state index in [-0.39, 0.29) is 16.3 Å². The van der Waals surface area contributed by atoms with Crippen LogP contribution in [0.3, 0.4) is 0 Å². The number of nitrogens with zero attached hydrogens (tertiary/aromatic N) is 2. The van der Waals surface area contributed by atoms with Crippen LogP contribution in [0.15, 0.2) is 54.9 Å². The van der Waals surface area contributed by atoms with Crippen molar-refractivity contribution in [3.8, 4) is 23.2 Å². The molecule has 0 aliphatic carbocycles. The van der Waals surface area contributed by atoms with E-state index in [1.54, 1.807) is 18.5 Å². The van der Waals surface area contributed by atoms with E-state index in [1.165, 1.54) is 30.3 Å². The number of benzene rings is 3. The van der Waals surface area contributed by atoms with Crippen molar-refractivity contribution in [3.63, 3.8) is 0 Å². The molecule has 0 spiro atoms. The molecule has 0 bridgehead atoms. The predicted molar refractivity (Wildman–Crippen MR) is 120 cm³/mol. The van der Waals surface area contributed by atoms with Gasteiger partial charge in [0.25, 0.3) is 0 Å². The maximum Gasteiger partial charge on any atom is 0.195 e. The van der Waals surface area contributed by atoms with Crippen molar-refractivity contribution in [1.82, 2.24) is 9.97 Å². The van der Waals surface area contributed by atoms with Gasteiger partial charge in [0, 0.05) is 28.9 Å². The summed E-state index contributed by atoms with van der Waals surface area (Å²) >= 11 is 0. The Labute approximate surface area is 189 Å². The summed E-state index contributed by atoms with van der Waals surface area (Å²) in [6, 6.07) is 9.67. The van der Waals surface area contributed by atoms with Crippen LogP contribution in [-0.4, -0.2) is 9.97 Å². The number of fused-ring (bicyclic) bond motifs is 1. The van der Waals surface area contributed by atoms with Gasteiger partial charge in [0.2, 0.25) is 0 Å². The van der Waals surface area contributed by atoms with Crippen LogP contribution in [-0.2, 0) is 6.42 Å². The maximum absolute atomic E-state index is 14.6. The fourth-order valence-electron chi connectivity index (χ4n) is 3.49. The van der Waals surface area contributed by atoms with Gasteiger partial charge in [0.05, 0.1) is 5.56 Å². The summed E-state index contributed by atoms with van der Waals surface area (Å²) in [5.74, 6) is 1.36. The highest BCUT2D eigenvalue weighted by molar-refractivity contribution is 5.84. The zero-order chi connectivity index (χ0) is 23.4. The summed E-state index contributed by atoms with van der Waals surface area (Å²) in [5, 5.41) is 0.121. The standard InChI is InChI=1S/C27H20F4N2/c1-2-3-4-5-18-15-32-27(33-16-18)20-10-9-19(23(28)13-20)8-6-17-7-11-22-21(12-17)14-24(29)26(31)25(22)30/h7,9-16H,2-5H2,1H3. The lowest BCUT2D eigenvalue weighted by Crippen LogP contribution is -1.94. The highest BCUT2D eigenvalue weighted by Gasteiger charge is 2.13. The van der Waals surface area contributed by atoms with Gasteiger partial charge < -0.3 is 0 Å². The smallest absolute Gasteiger partial charge is 0.195 e. The third-order valence-corrected chi connectivity index (χ3v) is 5.32. The van der Waals surface area contributed by atoms with Crippen molar-refractivity contribution in [3.05, 3.63) is 94.8 Å². The molecular weight excluding hydrogens is 428 g/mol. The van der Waals surface area contributed by atoms with Crippen molar-refractivity contribution in [2.75, 3.05) is 0 Å². The topological polar surface area (TPSA) is 25.8 Å². The molecule has 4 rings (SSSR count). The first-order chi connectivity index (χ1) is 16.0. The van der Waals surface area contributed by atoms with E-state index in [0.29, 0.717) is 17.0 Å². The third-order valence-electron chi connectivity index (χ3n) is 5.32. The van der Waals surface area contributed by atoms with E-state index in [1.807, 2.05) is 0 Å². The van der Waals surface area contributed by atoms with Gasteiger partial charge in [-0.25, -0.2) is 27.5 Å². The number of aryl methyl sites for hydroxylation is 1. The van der Waals surface area contributed by atoms with Crippen LogP contribution < -0.4 is 0 Å². The van der Waals surface area contributed by atoms with Gasteiger partial charge in [-0.15, -0.1) is 0 Å². The average molecular weight is 448 g/mol. The Balaban J connectivity index is 1.54. The molecule has 166 valence electrons. The molecule has 0 aliphatic heterocycles. The maximum atomic E-state index is 14.6. The molecule has 0 saturated carbocycles. The van der Waals surface area contributed by atoms with Gasteiger partial charge in [-0.05, 0) is 60.2 Å². The molecule has 0 fully saturated rings. The van der Waals surface area contributed by atoms with Crippen molar-refractivity contribution in [1.29, 1.82) is 0 Å². The van der Waals surface area contributed by atoms with E-state index in [2.05, 4.69) is 28.7 Å². The van der Waals surface area contributed by atoms with Crippen LogP contribution in [0.4, 0.5) is 17.6 Å². The zero-order valence-electron chi connectivity index (χ0n) is 17.9. The van der Waals surface area contributed by atoms with E-state index in [4.69, 9.17) is 0 Å². The first-order valence-electron chi connectivity index (χ1n) is 10.7. The monoisotopic (exact) mass is 448 g/mol. The molecule has 0 radical (unpaired) electrons. The predicted octanol–water partition coefficient (Wildman–Crippen LogP) is 6.99. The van der Waals surface area contributed by atoms with Gasteiger partial charge in [0.15, 0.2) is 23.3 Å². The van der Waals surface area contributed by atoms with Crippen LogP contribution in [0, 0.1) is 35.1 Å². The van der Waals surface area contributed by atoms with Gasteiger partial charge in [0.1, 0.15) is 5.82 Å². The second kappa shape index (κ2) is 9.83. The van der Waals surface area contributed by atoms with E-state index in [9.17, 15) is 17.6 Å². The SMILES string of the molecule is CCCCCc1cnc(-c2ccc(C#Cc3ccc4c(F)c(F)c(F)cc4c3)c(F)c2)nc1.